The zero-order valence-electron chi connectivity index (χ0n) is 17.0. The Morgan fingerprint density at radius 1 is 1.36 bits per heavy atom. The van der Waals surface area contributed by atoms with Crippen molar-refractivity contribution in [2.24, 2.45) is 10.9 Å². The van der Waals surface area contributed by atoms with Crippen molar-refractivity contribution in [2.45, 2.75) is 32.2 Å². The summed E-state index contributed by atoms with van der Waals surface area (Å²) in [4.78, 5) is 21.0. The van der Waals surface area contributed by atoms with Gasteiger partial charge in [-0.3, -0.25) is 9.79 Å². The number of rotatable bonds is 6. The minimum absolute atomic E-state index is 0. The number of fused-ring (bicyclic) bond motifs is 1. The fourth-order valence-corrected chi connectivity index (χ4v) is 3.89. The van der Waals surface area contributed by atoms with Crippen LogP contribution in [0.2, 0.25) is 0 Å². The first kappa shape index (κ1) is 22.9. The molecule has 0 bridgehead atoms. The number of amides is 1. The Balaban J connectivity index is 0.00000280. The fourth-order valence-electron chi connectivity index (χ4n) is 3.89. The third kappa shape index (κ3) is 6.34. The molecule has 1 aromatic carbocycles. The minimum Gasteiger partial charge on any atom is -0.381 e. The summed E-state index contributed by atoms with van der Waals surface area (Å²) >= 11 is 0. The van der Waals surface area contributed by atoms with E-state index in [9.17, 15) is 4.79 Å². The van der Waals surface area contributed by atoms with Gasteiger partial charge < -0.3 is 19.9 Å². The Morgan fingerprint density at radius 3 is 2.86 bits per heavy atom. The van der Waals surface area contributed by atoms with Crippen LogP contribution in [0.15, 0.2) is 29.3 Å². The molecule has 0 saturated carbocycles. The second-order valence-corrected chi connectivity index (χ2v) is 7.52. The van der Waals surface area contributed by atoms with E-state index in [-0.39, 0.29) is 29.9 Å². The molecule has 1 fully saturated rings. The summed E-state index contributed by atoms with van der Waals surface area (Å²) < 4.78 is 5.45. The highest BCUT2D eigenvalue weighted by molar-refractivity contribution is 14.0. The van der Waals surface area contributed by atoms with E-state index in [1.807, 2.05) is 4.90 Å². The van der Waals surface area contributed by atoms with Gasteiger partial charge in [0.05, 0.1) is 6.61 Å². The van der Waals surface area contributed by atoms with Crippen molar-refractivity contribution in [3.63, 3.8) is 0 Å². The monoisotopic (exact) mass is 500 g/mol. The summed E-state index contributed by atoms with van der Waals surface area (Å²) in [6, 6.07) is 8.43. The topological polar surface area (TPSA) is 57.2 Å². The average molecular weight is 500 g/mol. The van der Waals surface area contributed by atoms with Crippen LogP contribution < -0.4 is 5.32 Å². The molecule has 1 saturated heterocycles. The third-order valence-corrected chi connectivity index (χ3v) is 5.46. The molecule has 1 amide bonds. The van der Waals surface area contributed by atoms with E-state index in [2.05, 4.69) is 46.5 Å². The molecule has 2 aliphatic rings. The quantitative estimate of drug-likeness (QED) is 0.282. The van der Waals surface area contributed by atoms with Crippen molar-refractivity contribution in [1.82, 2.24) is 15.1 Å². The smallest absolute Gasteiger partial charge is 0.222 e. The molecule has 6 nitrogen and oxygen atoms in total. The number of nitrogens with one attached hydrogen (secondary N) is 1. The number of hydrogen-bond acceptors (Lipinski definition) is 3. The zero-order valence-corrected chi connectivity index (χ0v) is 19.4. The summed E-state index contributed by atoms with van der Waals surface area (Å²) in [6.07, 6.45) is 3.47. The predicted molar refractivity (Wildman–Crippen MR) is 123 cm³/mol. The average Bonchev–Trinajstić information content (AvgIpc) is 3.20. The molecule has 2 aliphatic heterocycles. The molecule has 28 heavy (non-hydrogen) atoms. The van der Waals surface area contributed by atoms with E-state index in [0.717, 1.165) is 64.6 Å². The highest BCUT2D eigenvalue weighted by Crippen LogP contribution is 2.19. The van der Waals surface area contributed by atoms with Crippen molar-refractivity contribution >= 4 is 35.8 Å². The maximum atomic E-state index is 12.5. The van der Waals surface area contributed by atoms with Gasteiger partial charge in [0.1, 0.15) is 0 Å². The van der Waals surface area contributed by atoms with Crippen LogP contribution in [0.5, 0.6) is 0 Å². The van der Waals surface area contributed by atoms with Crippen molar-refractivity contribution in [1.29, 1.82) is 0 Å². The van der Waals surface area contributed by atoms with Crippen molar-refractivity contribution in [2.75, 3.05) is 46.9 Å². The van der Waals surface area contributed by atoms with Gasteiger partial charge in [-0.1, -0.05) is 24.3 Å². The normalized spacial score (nSPS) is 19.0. The van der Waals surface area contributed by atoms with E-state index in [4.69, 9.17) is 4.74 Å². The van der Waals surface area contributed by atoms with Gasteiger partial charge in [-0.15, -0.1) is 24.0 Å². The van der Waals surface area contributed by atoms with Crippen LogP contribution in [0.3, 0.4) is 0 Å². The molecule has 2 heterocycles. The summed E-state index contributed by atoms with van der Waals surface area (Å²) in [6.45, 7) is 5.00. The van der Waals surface area contributed by atoms with Crippen LogP contribution in [0, 0.1) is 5.92 Å². The first-order valence-electron chi connectivity index (χ1n) is 10.0. The number of hydrogen-bond donors (Lipinski definition) is 1. The standard InChI is InChI=1S/C21H32N4O2.HI/c1-22-21(24(2)14-17-10-13-27-16-17)23-11-5-8-20(26)25-12-9-18-6-3-4-7-19(18)15-25;/h3-4,6-7,17H,5,8-16H2,1-2H3,(H,22,23);1H. The van der Waals surface area contributed by atoms with E-state index in [1.165, 1.54) is 11.1 Å². The Bertz CT molecular complexity index is 662. The van der Waals surface area contributed by atoms with Crippen LogP contribution in [-0.2, 0) is 22.5 Å². The van der Waals surface area contributed by atoms with Crippen LogP contribution in [-0.4, -0.2) is 68.6 Å². The molecule has 1 atom stereocenters. The van der Waals surface area contributed by atoms with Crippen LogP contribution in [0.4, 0.5) is 0 Å². The number of ether oxygens (including phenoxy) is 1. The van der Waals surface area contributed by atoms with Crippen molar-refractivity contribution < 1.29 is 9.53 Å². The Kier molecular flexibility index (Phi) is 9.50. The molecule has 0 aliphatic carbocycles. The lowest BCUT2D eigenvalue weighted by molar-refractivity contribution is -0.132. The van der Waals surface area contributed by atoms with Gasteiger partial charge in [0.25, 0.3) is 0 Å². The molecular weight excluding hydrogens is 467 g/mol. The van der Waals surface area contributed by atoms with E-state index < -0.39 is 0 Å². The Morgan fingerprint density at radius 2 is 2.14 bits per heavy atom. The number of guanidine groups is 1. The van der Waals surface area contributed by atoms with Crippen LogP contribution in [0.25, 0.3) is 0 Å². The van der Waals surface area contributed by atoms with E-state index in [1.54, 1.807) is 7.05 Å². The highest BCUT2D eigenvalue weighted by atomic mass is 127. The van der Waals surface area contributed by atoms with Crippen molar-refractivity contribution in [3.8, 4) is 0 Å². The van der Waals surface area contributed by atoms with Gasteiger partial charge in [-0.2, -0.15) is 0 Å². The number of aliphatic imine (C=N–C) groups is 1. The maximum Gasteiger partial charge on any atom is 0.222 e. The SMILES string of the molecule is CN=C(NCCCC(=O)N1CCc2ccccc2C1)N(C)CC1CCOC1.I. The van der Waals surface area contributed by atoms with E-state index >= 15 is 0 Å². The van der Waals surface area contributed by atoms with Crippen molar-refractivity contribution in [3.05, 3.63) is 35.4 Å². The first-order valence-corrected chi connectivity index (χ1v) is 10.0. The number of nitrogens with zero attached hydrogens (tertiary/aromatic N) is 3. The fraction of sp³-hybridized carbons (Fsp3) is 0.619. The van der Waals surface area contributed by atoms with Gasteiger partial charge in [-0.05, 0) is 30.4 Å². The number of carbonyl (C=O) groups excluding carboxylic acids is 1. The summed E-state index contributed by atoms with van der Waals surface area (Å²) in [5.74, 6) is 1.72. The number of halogens is 1. The lowest BCUT2D eigenvalue weighted by Crippen LogP contribution is -2.42. The Labute approximate surface area is 185 Å². The van der Waals surface area contributed by atoms with Crippen LogP contribution >= 0.6 is 24.0 Å². The molecule has 156 valence electrons. The predicted octanol–water partition coefficient (Wildman–Crippen LogP) is 2.51. The lowest BCUT2D eigenvalue weighted by Gasteiger charge is -2.29. The summed E-state index contributed by atoms with van der Waals surface area (Å²) in [5.41, 5.74) is 2.66. The van der Waals surface area contributed by atoms with Gasteiger partial charge >= 0.3 is 0 Å². The second-order valence-electron chi connectivity index (χ2n) is 7.52. The minimum atomic E-state index is 0. The largest absolute Gasteiger partial charge is 0.381 e. The van der Waals surface area contributed by atoms with Gasteiger partial charge in [0.15, 0.2) is 5.96 Å². The van der Waals surface area contributed by atoms with Gasteiger partial charge in [0, 0.05) is 59.2 Å². The number of benzene rings is 1. The molecule has 0 radical (unpaired) electrons. The molecule has 1 unspecified atom stereocenters. The summed E-state index contributed by atoms with van der Waals surface area (Å²) in [5, 5.41) is 3.38. The molecular formula is C21H33IN4O2. The van der Waals surface area contributed by atoms with E-state index in [0.29, 0.717) is 12.3 Å². The molecule has 1 aromatic rings. The molecule has 1 N–H and O–H groups in total. The third-order valence-electron chi connectivity index (χ3n) is 5.46. The van der Waals surface area contributed by atoms with Gasteiger partial charge in [0.2, 0.25) is 5.91 Å². The maximum absolute atomic E-state index is 12.5. The lowest BCUT2D eigenvalue weighted by atomic mass is 9.99. The molecule has 0 aromatic heterocycles. The second kappa shape index (κ2) is 11.6. The molecule has 7 heteroatoms. The van der Waals surface area contributed by atoms with Gasteiger partial charge in [-0.25, -0.2) is 0 Å². The first-order chi connectivity index (χ1) is 13.2. The summed E-state index contributed by atoms with van der Waals surface area (Å²) in [7, 11) is 3.87. The highest BCUT2D eigenvalue weighted by Gasteiger charge is 2.21. The van der Waals surface area contributed by atoms with Crippen LogP contribution in [0.1, 0.15) is 30.4 Å². The number of carbonyl (C=O) groups is 1. The zero-order chi connectivity index (χ0) is 19.1. The molecule has 0 spiro atoms. The molecule has 3 rings (SSSR count). The Hall–Kier alpha value is -1.35.